The molecular weight excluding hydrogens is 349 g/mol. The van der Waals surface area contributed by atoms with Crippen LogP contribution in [0.25, 0.3) is 0 Å². The number of hydrogen-bond acceptors (Lipinski definition) is 6. The molecule has 0 rings (SSSR count). The second kappa shape index (κ2) is 12.2. The zero-order chi connectivity index (χ0) is 19.6. The number of esters is 1. The minimum absolute atomic E-state index is 0.147. The molecule has 0 saturated heterocycles. The lowest BCUT2D eigenvalue weighted by atomic mass is 10.0. The van der Waals surface area contributed by atoms with E-state index in [-0.39, 0.29) is 30.3 Å². The van der Waals surface area contributed by atoms with Crippen molar-refractivity contribution in [2.24, 2.45) is 17.8 Å². The highest BCUT2D eigenvalue weighted by atomic mass is 31.1. The second-order valence-electron chi connectivity index (χ2n) is 6.82. The highest BCUT2D eigenvalue weighted by Crippen LogP contribution is 2.20. The molecule has 0 heterocycles. The Morgan fingerprint density at radius 3 is 2.12 bits per heavy atom. The van der Waals surface area contributed by atoms with Crippen LogP contribution in [0, 0.1) is 17.8 Å². The fourth-order valence-corrected chi connectivity index (χ4v) is 2.47. The minimum atomic E-state index is -2.15. The lowest BCUT2D eigenvalue weighted by molar-refractivity contribution is -0.179. The Labute approximate surface area is 150 Å². The molecule has 8 nitrogen and oxygen atoms in total. The summed E-state index contributed by atoms with van der Waals surface area (Å²) < 4.78 is 20.8. The number of carbonyl (C=O) groups is 2. The molecular formula is C16H31NO7P+. The summed E-state index contributed by atoms with van der Waals surface area (Å²) in [6.45, 7) is 8.75. The number of aliphatic hydroxyl groups excluding tert-OH is 1. The summed E-state index contributed by atoms with van der Waals surface area (Å²) in [6, 6.07) is 0. The number of amides is 1. The van der Waals surface area contributed by atoms with E-state index in [1.54, 1.807) is 27.7 Å². The first-order valence-electron chi connectivity index (χ1n) is 8.52. The standard InChI is InChI=1S/C16H30NO7P/c1-10(2)14(19)23-15(11(3)4)24-16(20)17-13(18)7-6-12(5)8-9-25(21)22/h10-13,15,18H,6-9H2,1-5H3,(H-,17,20,21,22)/p+1/t12?,13?,15-/m1/s1. The number of alkyl carbamates (subject to hydrolysis) is 1. The number of rotatable bonds is 11. The van der Waals surface area contributed by atoms with Gasteiger partial charge in [-0.2, -0.15) is 4.89 Å². The van der Waals surface area contributed by atoms with E-state index < -0.39 is 32.6 Å². The number of nitrogens with one attached hydrogen (secondary N) is 1. The molecule has 0 aliphatic carbocycles. The normalized spacial score (nSPS) is 15.5. The Bertz CT molecular complexity index is 442. The van der Waals surface area contributed by atoms with Gasteiger partial charge in [-0.3, -0.25) is 10.1 Å². The Hall–Kier alpha value is -1.24. The molecule has 0 aromatic heterocycles. The fraction of sp³-hybridized carbons (Fsp3) is 0.875. The van der Waals surface area contributed by atoms with Crippen LogP contribution in [-0.4, -0.2) is 40.7 Å². The van der Waals surface area contributed by atoms with E-state index in [9.17, 15) is 19.3 Å². The number of aliphatic hydroxyl groups is 1. The van der Waals surface area contributed by atoms with Gasteiger partial charge in [0.2, 0.25) is 0 Å². The minimum Gasteiger partial charge on any atom is -0.425 e. The summed E-state index contributed by atoms with van der Waals surface area (Å²) in [5.41, 5.74) is 0. The third kappa shape index (κ3) is 11.9. The molecule has 0 aromatic carbocycles. The summed E-state index contributed by atoms with van der Waals surface area (Å²) >= 11 is 0. The maximum atomic E-state index is 11.8. The van der Waals surface area contributed by atoms with Crippen LogP contribution in [0.5, 0.6) is 0 Å². The third-order valence-electron chi connectivity index (χ3n) is 3.50. The van der Waals surface area contributed by atoms with Gasteiger partial charge in [-0.15, -0.1) is 0 Å². The molecule has 0 fully saturated rings. The van der Waals surface area contributed by atoms with Crippen LogP contribution in [0.2, 0.25) is 0 Å². The first-order chi connectivity index (χ1) is 11.5. The molecule has 1 amide bonds. The van der Waals surface area contributed by atoms with Crippen LogP contribution in [0.15, 0.2) is 0 Å². The largest absolute Gasteiger partial charge is 0.505 e. The molecule has 0 aromatic rings. The first kappa shape index (κ1) is 23.8. The Kier molecular flexibility index (Phi) is 11.6. The second-order valence-corrected chi connectivity index (χ2v) is 7.97. The van der Waals surface area contributed by atoms with Crippen LogP contribution >= 0.6 is 8.03 Å². The zero-order valence-corrected chi connectivity index (χ0v) is 16.5. The highest BCUT2D eigenvalue weighted by Gasteiger charge is 2.25. The predicted octanol–water partition coefficient (Wildman–Crippen LogP) is 2.75. The van der Waals surface area contributed by atoms with Crippen molar-refractivity contribution in [2.75, 3.05) is 6.16 Å². The van der Waals surface area contributed by atoms with Gasteiger partial charge in [0.1, 0.15) is 6.23 Å². The number of ether oxygens (including phenoxy) is 2. The summed E-state index contributed by atoms with van der Waals surface area (Å²) in [4.78, 5) is 32.2. The van der Waals surface area contributed by atoms with Crippen molar-refractivity contribution in [3.63, 3.8) is 0 Å². The molecule has 9 heteroatoms. The van der Waals surface area contributed by atoms with Gasteiger partial charge < -0.3 is 14.6 Å². The number of carbonyl (C=O) groups excluding carboxylic acids is 2. The van der Waals surface area contributed by atoms with Gasteiger partial charge in [-0.05, 0) is 29.7 Å². The van der Waals surface area contributed by atoms with Gasteiger partial charge in [0.15, 0.2) is 6.16 Å². The van der Waals surface area contributed by atoms with Gasteiger partial charge in [0, 0.05) is 5.92 Å². The molecule has 0 radical (unpaired) electrons. The average molecular weight is 380 g/mol. The Morgan fingerprint density at radius 1 is 1.04 bits per heavy atom. The van der Waals surface area contributed by atoms with E-state index in [1.807, 2.05) is 6.92 Å². The predicted molar refractivity (Wildman–Crippen MR) is 92.9 cm³/mol. The average Bonchev–Trinajstić information content (AvgIpc) is 2.49. The molecule has 146 valence electrons. The Balaban J connectivity index is 4.27. The van der Waals surface area contributed by atoms with Crippen LogP contribution in [0.1, 0.15) is 53.9 Å². The van der Waals surface area contributed by atoms with E-state index >= 15 is 0 Å². The van der Waals surface area contributed by atoms with Gasteiger partial charge >= 0.3 is 20.1 Å². The molecule has 0 spiro atoms. The van der Waals surface area contributed by atoms with Crippen molar-refractivity contribution in [3.8, 4) is 0 Å². The maximum Gasteiger partial charge on any atom is 0.505 e. The number of hydrogen-bond donors (Lipinski definition) is 3. The molecule has 25 heavy (non-hydrogen) atoms. The summed E-state index contributed by atoms with van der Waals surface area (Å²) in [5.74, 6) is -0.891. The lowest BCUT2D eigenvalue weighted by Gasteiger charge is -2.23. The van der Waals surface area contributed by atoms with E-state index in [2.05, 4.69) is 5.32 Å². The molecule has 3 unspecified atom stereocenters. The van der Waals surface area contributed by atoms with Crippen molar-refractivity contribution in [3.05, 3.63) is 0 Å². The molecule has 0 bridgehead atoms. The summed E-state index contributed by atoms with van der Waals surface area (Å²) in [6.07, 6.45) is -1.33. The van der Waals surface area contributed by atoms with Crippen LogP contribution < -0.4 is 5.32 Å². The van der Waals surface area contributed by atoms with E-state index in [4.69, 9.17) is 14.4 Å². The van der Waals surface area contributed by atoms with Crippen LogP contribution in [0.3, 0.4) is 0 Å². The van der Waals surface area contributed by atoms with Crippen LogP contribution in [-0.2, 0) is 18.8 Å². The molecule has 3 N–H and O–H groups in total. The monoisotopic (exact) mass is 380 g/mol. The fourth-order valence-electron chi connectivity index (χ4n) is 1.81. The maximum absolute atomic E-state index is 11.8. The lowest BCUT2D eigenvalue weighted by Crippen LogP contribution is -2.40. The summed E-state index contributed by atoms with van der Waals surface area (Å²) in [7, 11) is -2.15. The Morgan fingerprint density at radius 2 is 1.64 bits per heavy atom. The topological polar surface area (TPSA) is 122 Å². The molecule has 0 saturated carbocycles. The van der Waals surface area contributed by atoms with Crippen molar-refractivity contribution >= 4 is 20.1 Å². The van der Waals surface area contributed by atoms with Gasteiger partial charge in [0.05, 0.1) is 5.92 Å². The quantitative estimate of drug-likeness (QED) is 0.286. The van der Waals surface area contributed by atoms with Gasteiger partial charge in [-0.25, -0.2) is 4.79 Å². The van der Waals surface area contributed by atoms with Crippen molar-refractivity contribution < 1.29 is 33.6 Å². The molecule has 0 aliphatic heterocycles. The van der Waals surface area contributed by atoms with Gasteiger partial charge in [0.25, 0.3) is 6.29 Å². The van der Waals surface area contributed by atoms with Gasteiger partial charge in [-0.1, -0.05) is 34.6 Å². The zero-order valence-electron chi connectivity index (χ0n) is 15.6. The SMILES string of the molecule is CC(CCC(O)NC(=O)O[C@@H](OC(=O)C(C)C)C(C)C)CC[P+](=O)O. The van der Waals surface area contributed by atoms with Crippen LogP contribution in [0.4, 0.5) is 4.79 Å². The van der Waals surface area contributed by atoms with Crippen molar-refractivity contribution in [2.45, 2.75) is 66.4 Å². The highest BCUT2D eigenvalue weighted by molar-refractivity contribution is 7.37. The van der Waals surface area contributed by atoms with Crippen molar-refractivity contribution in [1.29, 1.82) is 0 Å². The smallest absolute Gasteiger partial charge is 0.425 e. The molecule has 0 aliphatic rings. The van der Waals surface area contributed by atoms with E-state index in [0.717, 1.165) is 0 Å². The third-order valence-corrected chi connectivity index (χ3v) is 4.14. The van der Waals surface area contributed by atoms with E-state index in [0.29, 0.717) is 12.8 Å². The summed E-state index contributed by atoms with van der Waals surface area (Å²) in [5, 5.41) is 12.1. The van der Waals surface area contributed by atoms with Crippen molar-refractivity contribution in [1.82, 2.24) is 5.32 Å². The molecule has 4 atom stereocenters. The first-order valence-corrected chi connectivity index (χ1v) is 9.91. The van der Waals surface area contributed by atoms with E-state index in [1.165, 1.54) is 0 Å².